The van der Waals surface area contributed by atoms with Gasteiger partial charge in [-0.15, -0.1) is 0 Å². The molecule has 0 spiro atoms. The second-order valence-electron chi connectivity index (χ2n) is 3.29. The summed E-state index contributed by atoms with van der Waals surface area (Å²) in [5, 5.41) is 0. The Morgan fingerprint density at radius 3 is 3.38 bits per heavy atom. The van der Waals surface area contributed by atoms with Crippen molar-refractivity contribution in [3.63, 3.8) is 0 Å². The van der Waals surface area contributed by atoms with Crippen LogP contribution in [-0.2, 0) is 22.4 Å². The van der Waals surface area contributed by atoms with E-state index in [0.29, 0.717) is 0 Å². The average molecular weight is 180 g/mol. The molecule has 1 aromatic heterocycles. The van der Waals surface area contributed by atoms with E-state index in [4.69, 9.17) is 4.74 Å². The summed E-state index contributed by atoms with van der Waals surface area (Å²) in [7, 11) is 1.44. The molecule has 1 aliphatic rings. The van der Waals surface area contributed by atoms with E-state index in [2.05, 4.69) is 9.97 Å². The maximum absolute atomic E-state index is 11.2. The molecule has 0 unspecified atom stereocenters. The lowest BCUT2D eigenvalue weighted by molar-refractivity contribution is -0.145. The number of aromatic amines is 1. The van der Waals surface area contributed by atoms with Gasteiger partial charge in [-0.25, -0.2) is 4.98 Å². The lowest BCUT2D eigenvalue weighted by Crippen LogP contribution is -2.23. The van der Waals surface area contributed by atoms with Crippen LogP contribution in [0.1, 0.15) is 17.8 Å². The van der Waals surface area contributed by atoms with Crippen molar-refractivity contribution in [2.45, 2.75) is 19.3 Å². The zero-order chi connectivity index (χ0) is 9.26. The third kappa shape index (κ3) is 1.43. The number of nitrogens with one attached hydrogen (secondary N) is 1. The summed E-state index contributed by atoms with van der Waals surface area (Å²) in [6.45, 7) is 0. The summed E-state index contributed by atoms with van der Waals surface area (Å²) >= 11 is 0. The maximum Gasteiger partial charge on any atom is 0.309 e. The van der Waals surface area contributed by atoms with Gasteiger partial charge in [0, 0.05) is 12.1 Å². The normalized spacial score (nSPS) is 20.8. The number of nitrogens with zero attached hydrogens (tertiary/aromatic N) is 1. The van der Waals surface area contributed by atoms with E-state index in [0.717, 1.165) is 30.7 Å². The fourth-order valence-corrected chi connectivity index (χ4v) is 1.77. The van der Waals surface area contributed by atoms with E-state index in [1.807, 2.05) is 0 Å². The third-order valence-electron chi connectivity index (χ3n) is 2.52. The number of rotatable bonds is 1. The number of methoxy groups -OCH3 is 1. The van der Waals surface area contributed by atoms with Gasteiger partial charge < -0.3 is 9.72 Å². The van der Waals surface area contributed by atoms with E-state index in [1.54, 1.807) is 6.33 Å². The largest absolute Gasteiger partial charge is 0.469 e. The number of hydrogen-bond acceptors (Lipinski definition) is 3. The molecule has 13 heavy (non-hydrogen) atoms. The molecule has 0 radical (unpaired) electrons. The Bertz CT molecular complexity index is 319. The summed E-state index contributed by atoms with van der Waals surface area (Å²) in [5.74, 6) is -0.0989. The van der Waals surface area contributed by atoms with Crippen LogP contribution in [-0.4, -0.2) is 23.0 Å². The molecule has 0 saturated heterocycles. The molecule has 0 saturated carbocycles. The maximum atomic E-state index is 11.2. The van der Waals surface area contributed by atoms with Crippen molar-refractivity contribution in [3.05, 3.63) is 17.7 Å². The van der Waals surface area contributed by atoms with Crippen LogP contribution < -0.4 is 0 Å². The Kier molecular flexibility index (Phi) is 2.04. The number of aromatic nitrogens is 2. The Morgan fingerprint density at radius 2 is 2.62 bits per heavy atom. The van der Waals surface area contributed by atoms with Gasteiger partial charge >= 0.3 is 5.97 Å². The van der Waals surface area contributed by atoms with Gasteiger partial charge in [0.05, 0.1) is 25.0 Å². The molecular weight excluding hydrogens is 168 g/mol. The van der Waals surface area contributed by atoms with Crippen molar-refractivity contribution in [2.75, 3.05) is 7.11 Å². The van der Waals surface area contributed by atoms with Gasteiger partial charge in [0.15, 0.2) is 0 Å². The zero-order valence-corrected chi connectivity index (χ0v) is 7.54. The molecule has 4 heteroatoms. The van der Waals surface area contributed by atoms with Gasteiger partial charge in [-0.2, -0.15) is 0 Å². The minimum Gasteiger partial charge on any atom is -0.469 e. The van der Waals surface area contributed by atoms with E-state index >= 15 is 0 Å². The first-order chi connectivity index (χ1) is 6.31. The van der Waals surface area contributed by atoms with Crippen molar-refractivity contribution in [3.8, 4) is 0 Å². The number of aryl methyl sites for hydroxylation is 1. The van der Waals surface area contributed by atoms with E-state index < -0.39 is 0 Å². The van der Waals surface area contributed by atoms with Crippen LogP contribution in [0.3, 0.4) is 0 Å². The van der Waals surface area contributed by atoms with Crippen molar-refractivity contribution >= 4 is 5.97 Å². The summed E-state index contributed by atoms with van der Waals surface area (Å²) in [5.41, 5.74) is 2.18. The highest BCUT2D eigenvalue weighted by molar-refractivity contribution is 5.72. The van der Waals surface area contributed by atoms with Crippen LogP contribution >= 0.6 is 0 Å². The van der Waals surface area contributed by atoms with Crippen LogP contribution in [0.2, 0.25) is 0 Å². The van der Waals surface area contributed by atoms with E-state index in [-0.39, 0.29) is 11.9 Å². The molecular formula is C9H12N2O2. The topological polar surface area (TPSA) is 55.0 Å². The van der Waals surface area contributed by atoms with Gasteiger partial charge in [0.2, 0.25) is 0 Å². The highest BCUT2D eigenvalue weighted by Gasteiger charge is 2.26. The minimum absolute atomic E-state index is 0.0120. The molecule has 1 N–H and O–H groups in total. The Morgan fingerprint density at radius 1 is 1.77 bits per heavy atom. The molecule has 0 fully saturated rings. The molecule has 0 aliphatic heterocycles. The first-order valence-corrected chi connectivity index (χ1v) is 4.40. The van der Waals surface area contributed by atoms with E-state index in [9.17, 15) is 4.79 Å². The van der Waals surface area contributed by atoms with Gasteiger partial charge in [-0.05, 0) is 12.8 Å². The standard InChI is InChI=1S/C9H12N2O2/c1-13-9(12)6-2-3-7-8(4-6)11-5-10-7/h5-6H,2-4H2,1H3,(H,10,11)/t6-/m1/s1. The molecule has 2 rings (SSSR count). The van der Waals surface area contributed by atoms with Gasteiger partial charge in [0.1, 0.15) is 0 Å². The Hall–Kier alpha value is -1.32. The number of ether oxygens (including phenoxy) is 1. The Labute approximate surface area is 76.3 Å². The quantitative estimate of drug-likeness (QED) is 0.647. The second-order valence-corrected chi connectivity index (χ2v) is 3.29. The molecule has 70 valence electrons. The third-order valence-corrected chi connectivity index (χ3v) is 2.52. The van der Waals surface area contributed by atoms with Crippen molar-refractivity contribution in [1.82, 2.24) is 9.97 Å². The van der Waals surface area contributed by atoms with Crippen LogP contribution in [0.25, 0.3) is 0 Å². The Balaban J connectivity index is 2.13. The average Bonchev–Trinajstić information content (AvgIpc) is 2.63. The molecule has 0 amide bonds. The molecule has 1 atom stereocenters. The minimum atomic E-state index is -0.111. The predicted octanol–water partition coefficient (Wildman–Crippen LogP) is 0.688. The van der Waals surface area contributed by atoms with Crippen molar-refractivity contribution < 1.29 is 9.53 Å². The lowest BCUT2D eigenvalue weighted by atomic mass is 9.90. The highest BCUT2D eigenvalue weighted by Crippen LogP contribution is 2.23. The molecule has 4 nitrogen and oxygen atoms in total. The van der Waals surface area contributed by atoms with Gasteiger partial charge in [0.25, 0.3) is 0 Å². The lowest BCUT2D eigenvalue weighted by Gasteiger charge is -2.18. The number of carbonyl (C=O) groups is 1. The van der Waals surface area contributed by atoms with Gasteiger partial charge in [-0.3, -0.25) is 4.79 Å². The number of carbonyl (C=O) groups excluding carboxylic acids is 1. The SMILES string of the molecule is COC(=O)[C@@H]1CCc2nc[nH]c2C1. The number of H-pyrrole nitrogens is 1. The molecule has 0 aromatic carbocycles. The molecule has 0 bridgehead atoms. The molecule has 1 aromatic rings. The van der Waals surface area contributed by atoms with Crippen LogP contribution in [0.5, 0.6) is 0 Å². The monoisotopic (exact) mass is 180 g/mol. The first kappa shape index (κ1) is 8.29. The number of esters is 1. The fraction of sp³-hybridized carbons (Fsp3) is 0.556. The summed E-state index contributed by atoms with van der Waals surface area (Å²) in [4.78, 5) is 18.5. The first-order valence-electron chi connectivity index (χ1n) is 4.40. The summed E-state index contributed by atoms with van der Waals surface area (Å²) in [6.07, 6.45) is 4.15. The number of fused-ring (bicyclic) bond motifs is 1. The van der Waals surface area contributed by atoms with Crippen molar-refractivity contribution in [2.24, 2.45) is 5.92 Å². The van der Waals surface area contributed by atoms with Crippen molar-refractivity contribution in [1.29, 1.82) is 0 Å². The van der Waals surface area contributed by atoms with Crippen LogP contribution in [0, 0.1) is 5.92 Å². The van der Waals surface area contributed by atoms with Crippen LogP contribution in [0.15, 0.2) is 6.33 Å². The summed E-state index contributed by atoms with van der Waals surface area (Å²) < 4.78 is 4.71. The van der Waals surface area contributed by atoms with Crippen LogP contribution in [0.4, 0.5) is 0 Å². The second kappa shape index (κ2) is 3.20. The van der Waals surface area contributed by atoms with E-state index in [1.165, 1.54) is 7.11 Å². The molecule has 1 heterocycles. The smallest absolute Gasteiger partial charge is 0.309 e. The fourth-order valence-electron chi connectivity index (χ4n) is 1.77. The number of imidazole rings is 1. The van der Waals surface area contributed by atoms with Gasteiger partial charge in [-0.1, -0.05) is 0 Å². The summed E-state index contributed by atoms with van der Waals surface area (Å²) in [6, 6.07) is 0. The molecule has 1 aliphatic carbocycles. The predicted molar refractivity (Wildman–Crippen MR) is 46.1 cm³/mol. The highest BCUT2D eigenvalue weighted by atomic mass is 16.5. The number of hydrogen-bond donors (Lipinski definition) is 1. The zero-order valence-electron chi connectivity index (χ0n) is 7.54.